The molecule has 1 saturated heterocycles. The predicted molar refractivity (Wildman–Crippen MR) is 113 cm³/mol. The van der Waals surface area contributed by atoms with Crippen LogP contribution in [0.1, 0.15) is 18.9 Å². The molecule has 0 spiro atoms. The highest BCUT2D eigenvalue weighted by atomic mass is 16.5. The maximum absolute atomic E-state index is 12.8. The lowest BCUT2D eigenvalue weighted by molar-refractivity contribution is -0.142. The highest BCUT2D eigenvalue weighted by Crippen LogP contribution is 2.32. The molecule has 1 atom stereocenters. The minimum atomic E-state index is -0.416. The highest BCUT2D eigenvalue weighted by Gasteiger charge is 2.29. The first kappa shape index (κ1) is 19.1. The van der Waals surface area contributed by atoms with Crippen LogP contribution in [0.25, 0.3) is 22.2 Å². The fourth-order valence-corrected chi connectivity index (χ4v) is 3.96. The number of hydrogen-bond donors (Lipinski definition) is 2. The quantitative estimate of drug-likeness (QED) is 0.702. The number of rotatable bonds is 5. The van der Waals surface area contributed by atoms with E-state index in [1.54, 1.807) is 18.9 Å². The Morgan fingerprint density at radius 1 is 1.17 bits per heavy atom. The van der Waals surface area contributed by atoms with Crippen LogP contribution >= 0.6 is 0 Å². The van der Waals surface area contributed by atoms with Crippen molar-refractivity contribution in [1.82, 2.24) is 15.2 Å². The number of aromatic amines is 1. The summed E-state index contributed by atoms with van der Waals surface area (Å²) in [5, 5.41) is 3.92. The third-order valence-electron chi connectivity index (χ3n) is 5.60. The zero-order valence-corrected chi connectivity index (χ0v) is 16.7. The fourth-order valence-electron chi connectivity index (χ4n) is 3.96. The maximum Gasteiger partial charge on any atom is 0.242 e. The lowest BCUT2D eigenvalue weighted by Gasteiger charge is -2.32. The van der Waals surface area contributed by atoms with E-state index >= 15 is 0 Å². The lowest BCUT2D eigenvalue weighted by atomic mass is 10.0. The van der Waals surface area contributed by atoms with Gasteiger partial charge in [0.25, 0.3) is 0 Å². The average molecular weight is 391 g/mol. The summed E-state index contributed by atoms with van der Waals surface area (Å²) in [5.74, 6) is 0.730. The number of amides is 2. The van der Waals surface area contributed by atoms with Crippen molar-refractivity contribution in [2.75, 3.05) is 20.2 Å². The van der Waals surface area contributed by atoms with Crippen LogP contribution in [-0.4, -0.2) is 47.9 Å². The van der Waals surface area contributed by atoms with Crippen LogP contribution in [0.3, 0.4) is 0 Å². The van der Waals surface area contributed by atoms with Gasteiger partial charge in [-0.05, 0) is 54.8 Å². The minimum absolute atomic E-state index is 0.0123. The van der Waals surface area contributed by atoms with Crippen molar-refractivity contribution in [3.05, 3.63) is 54.1 Å². The minimum Gasteiger partial charge on any atom is -0.497 e. The molecule has 1 aliphatic rings. The molecule has 0 saturated carbocycles. The molecule has 6 heteroatoms. The van der Waals surface area contributed by atoms with E-state index < -0.39 is 6.04 Å². The predicted octanol–water partition coefficient (Wildman–Crippen LogP) is 3.12. The summed E-state index contributed by atoms with van der Waals surface area (Å²) in [7, 11) is 1.65. The molecule has 1 aromatic heterocycles. The van der Waals surface area contributed by atoms with Gasteiger partial charge in [-0.25, -0.2) is 0 Å². The first-order valence-electron chi connectivity index (χ1n) is 9.89. The number of benzene rings is 2. The molecule has 29 heavy (non-hydrogen) atoms. The SMILES string of the molecule is COc1ccc(-c2[nH]c3ccccc3c2CCC(=O)N2CCNC(=O)C2C)cc1. The summed E-state index contributed by atoms with van der Waals surface area (Å²) in [5.41, 5.74) is 4.24. The molecule has 0 aliphatic carbocycles. The first-order valence-corrected chi connectivity index (χ1v) is 9.89. The Labute approximate surface area is 169 Å². The largest absolute Gasteiger partial charge is 0.497 e. The number of carbonyl (C=O) groups is 2. The molecule has 150 valence electrons. The van der Waals surface area contributed by atoms with E-state index in [1.165, 1.54) is 0 Å². The van der Waals surface area contributed by atoms with Gasteiger partial charge in [-0.3, -0.25) is 9.59 Å². The van der Waals surface area contributed by atoms with Gasteiger partial charge >= 0.3 is 0 Å². The van der Waals surface area contributed by atoms with Crippen molar-refractivity contribution in [2.45, 2.75) is 25.8 Å². The van der Waals surface area contributed by atoms with Gasteiger partial charge in [-0.2, -0.15) is 0 Å². The van der Waals surface area contributed by atoms with Gasteiger partial charge in [0.05, 0.1) is 7.11 Å². The molecule has 2 amide bonds. The summed E-state index contributed by atoms with van der Waals surface area (Å²) < 4.78 is 5.27. The topological polar surface area (TPSA) is 74.4 Å². The third kappa shape index (κ3) is 3.70. The van der Waals surface area contributed by atoms with E-state index in [4.69, 9.17) is 4.74 Å². The van der Waals surface area contributed by atoms with Crippen molar-refractivity contribution in [2.24, 2.45) is 0 Å². The number of fused-ring (bicyclic) bond motifs is 1. The van der Waals surface area contributed by atoms with Gasteiger partial charge in [0.2, 0.25) is 11.8 Å². The van der Waals surface area contributed by atoms with Gasteiger partial charge in [0, 0.05) is 36.1 Å². The molecule has 4 rings (SSSR count). The van der Waals surface area contributed by atoms with E-state index in [2.05, 4.69) is 16.4 Å². The Hall–Kier alpha value is -3.28. The highest BCUT2D eigenvalue weighted by molar-refractivity contribution is 5.92. The Balaban J connectivity index is 1.62. The number of H-pyrrole nitrogens is 1. The summed E-state index contributed by atoms with van der Waals surface area (Å²) in [4.78, 5) is 29.9. The van der Waals surface area contributed by atoms with Crippen LogP contribution in [0.2, 0.25) is 0 Å². The van der Waals surface area contributed by atoms with Crippen molar-refractivity contribution in [1.29, 1.82) is 0 Å². The molecular weight excluding hydrogens is 366 g/mol. The molecule has 2 aromatic carbocycles. The number of aromatic nitrogens is 1. The summed E-state index contributed by atoms with van der Waals surface area (Å²) >= 11 is 0. The maximum atomic E-state index is 12.8. The van der Waals surface area contributed by atoms with Gasteiger partial charge in [-0.15, -0.1) is 0 Å². The second kappa shape index (κ2) is 7.99. The number of aryl methyl sites for hydroxylation is 1. The van der Waals surface area contributed by atoms with Crippen molar-refractivity contribution in [3.8, 4) is 17.0 Å². The number of nitrogens with zero attached hydrogens (tertiary/aromatic N) is 1. The van der Waals surface area contributed by atoms with Crippen molar-refractivity contribution >= 4 is 22.7 Å². The number of piperazine rings is 1. The number of ether oxygens (including phenoxy) is 1. The van der Waals surface area contributed by atoms with Crippen LogP contribution in [0.15, 0.2) is 48.5 Å². The van der Waals surface area contributed by atoms with Crippen LogP contribution in [0.5, 0.6) is 5.75 Å². The van der Waals surface area contributed by atoms with Crippen LogP contribution < -0.4 is 10.1 Å². The Morgan fingerprint density at radius 2 is 1.93 bits per heavy atom. The molecule has 3 aromatic rings. The van der Waals surface area contributed by atoms with Crippen molar-refractivity contribution < 1.29 is 14.3 Å². The van der Waals surface area contributed by atoms with Gasteiger partial charge in [0.15, 0.2) is 0 Å². The molecule has 0 bridgehead atoms. The monoisotopic (exact) mass is 391 g/mol. The number of hydrogen-bond acceptors (Lipinski definition) is 3. The van der Waals surface area contributed by atoms with E-state index in [1.807, 2.05) is 42.5 Å². The molecule has 1 unspecified atom stereocenters. The molecule has 2 heterocycles. The lowest BCUT2D eigenvalue weighted by Crippen LogP contribution is -2.55. The molecule has 6 nitrogen and oxygen atoms in total. The number of para-hydroxylation sites is 1. The normalized spacial score (nSPS) is 16.7. The number of methoxy groups -OCH3 is 1. The summed E-state index contributed by atoms with van der Waals surface area (Å²) in [6.07, 6.45) is 0.970. The van der Waals surface area contributed by atoms with Crippen LogP contribution in [-0.2, 0) is 16.0 Å². The first-order chi connectivity index (χ1) is 14.1. The van der Waals surface area contributed by atoms with Gasteiger partial charge in [0.1, 0.15) is 11.8 Å². The molecule has 1 fully saturated rings. The van der Waals surface area contributed by atoms with E-state index in [-0.39, 0.29) is 11.8 Å². The zero-order valence-electron chi connectivity index (χ0n) is 16.7. The summed E-state index contributed by atoms with van der Waals surface area (Å²) in [6, 6.07) is 15.6. The van der Waals surface area contributed by atoms with Crippen molar-refractivity contribution in [3.63, 3.8) is 0 Å². The van der Waals surface area contributed by atoms with Crippen LogP contribution in [0, 0.1) is 0 Å². The second-order valence-electron chi connectivity index (χ2n) is 7.31. The second-order valence-corrected chi connectivity index (χ2v) is 7.31. The Bertz CT molecular complexity index is 1040. The fraction of sp³-hybridized carbons (Fsp3) is 0.304. The van der Waals surface area contributed by atoms with Gasteiger partial charge < -0.3 is 19.9 Å². The number of carbonyl (C=O) groups excluding carboxylic acids is 2. The molecule has 0 radical (unpaired) electrons. The molecule has 2 N–H and O–H groups in total. The average Bonchev–Trinajstić information content (AvgIpc) is 3.12. The van der Waals surface area contributed by atoms with E-state index in [9.17, 15) is 9.59 Å². The Kier molecular flexibility index (Phi) is 5.25. The van der Waals surface area contributed by atoms with E-state index in [0.29, 0.717) is 25.9 Å². The summed E-state index contributed by atoms with van der Waals surface area (Å²) in [6.45, 7) is 2.85. The van der Waals surface area contributed by atoms with Crippen LogP contribution in [0.4, 0.5) is 0 Å². The smallest absolute Gasteiger partial charge is 0.242 e. The molecule has 1 aliphatic heterocycles. The third-order valence-corrected chi connectivity index (χ3v) is 5.60. The zero-order chi connectivity index (χ0) is 20.4. The van der Waals surface area contributed by atoms with Gasteiger partial charge in [-0.1, -0.05) is 18.2 Å². The standard InChI is InChI=1S/C23H25N3O3/c1-15-23(28)24-13-14-26(15)21(27)12-11-19-18-5-3-4-6-20(18)25-22(19)16-7-9-17(29-2)10-8-16/h3-10,15,25H,11-14H2,1-2H3,(H,24,28). The molecular formula is C23H25N3O3. The Morgan fingerprint density at radius 3 is 2.69 bits per heavy atom. The van der Waals surface area contributed by atoms with E-state index in [0.717, 1.165) is 33.5 Å². The number of nitrogens with one attached hydrogen (secondary N) is 2.